The van der Waals surface area contributed by atoms with E-state index in [0.29, 0.717) is 0 Å². The second-order valence-corrected chi connectivity index (χ2v) is 7.54. The van der Waals surface area contributed by atoms with Crippen molar-refractivity contribution in [1.29, 1.82) is 0 Å². The third kappa shape index (κ3) is 3.95. The highest BCUT2D eigenvalue weighted by molar-refractivity contribution is 5.81. The fourth-order valence-electron chi connectivity index (χ4n) is 3.04. The van der Waals surface area contributed by atoms with Crippen molar-refractivity contribution in [3.8, 4) is 17.0 Å². The molecule has 2 heterocycles. The van der Waals surface area contributed by atoms with Gasteiger partial charge in [0.05, 0.1) is 12.8 Å². The quantitative estimate of drug-likeness (QED) is 0.848. The van der Waals surface area contributed by atoms with Crippen molar-refractivity contribution in [3.05, 3.63) is 36.4 Å². The summed E-state index contributed by atoms with van der Waals surface area (Å²) in [7, 11) is 1.65. The van der Waals surface area contributed by atoms with E-state index in [4.69, 9.17) is 4.74 Å². The normalized spacial score (nSPS) is 15.1. The van der Waals surface area contributed by atoms with E-state index in [1.165, 1.54) is 0 Å². The second-order valence-electron chi connectivity index (χ2n) is 7.54. The highest BCUT2D eigenvalue weighted by atomic mass is 16.5. The van der Waals surface area contributed by atoms with Crippen LogP contribution in [0, 0.1) is 5.41 Å². The number of nitrogens with zero attached hydrogens (tertiary/aromatic N) is 4. The van der Waals surface area contributed by atoms with Gasteiger partial charge in [-0.05, 0) is 24.3 Å². The Balaban J connectivity index is 1.66. The van der Waals surface area contributed by atoms with Crippen LogP contribution in [0.25, 0.3) is 11.3 Å². The van der Waals surface area contributed by atoms with Crippen molar-refractivity contribution in [2.45, 2.75) is 20.8 Å². The van der Waals surface area contributed by atoms with Crippen molar-refractivity contribution >= 4 is 11.7 Å². The smallest absolute Gasteiger partial charge is 0.228 e. The molecule has 1 aliphatic heterocycles. The van der Waals surface area contributed by atoms with Gasteiger partial charge in [0, 0.05) is 37.2 Å². The molecule has 6 nitrogen and oxygen atoms in total. The first-order valence-corrected chi connectivity index (χ1v) is 8.91. The zero-order chi connectivity index (χ0) is 18.7. The van der Waals surface area contributed by atoms with Crippen molar-refractivity contribution in [2.75, 3.05) is 38.2 Å². The second kappa shape index (κ2) is 7.32. The van der Waals surface area contributed by atoms with E-state index in [1.807, 2.05) is 62.1 Å². The van der Waals surface area contributed by atoms with Gasteiger partial charge >= 0.3 is 0 Å². The zero-order valence-electron chi connectivity index (χ0n) is 15.9. The molecule has 26 heavy (non-hydrogen) atoms. The molecule has 0 N–H and O–H groups in total. The van der Waals surface area contributed by atoms with Crippen LogP contribution in [0.4, 0.5) is 5.82 Å². The minimum absolute atomic E-state index is 0.205. The van der Waals surface area contributed by atoms with Gasteiger partial charge in [-0.15, -0.1) is 10.2 Å². The van der Waals surface area contributed by atoms with Gasteiger partial charge in [0.1, 0.15) is 5.75 Å². The van der Waals surface area contributed by atoms with Crippen molar-refractivity contribution < 1.29 is 9.53 Å². The monoisotopic (exact) mass is 354 g/mol. The lowest BCUT2D eigenvalue weighted by Gasteiger charge is -2.38. The molecule has 0 saturated carbocycles. The van der Waals surface area contributed by atoms with Crippen LogP contribution in [0.3, 0.4) is 0 Å². The Morgan fingerprint density at radius 3 is 2.35 bits per heavy atom. The van der Waals surface area contributed by atoms with Gasteiger partial charge in [-0.3, -0.25) is 4.79 Å². The predicted octanol–water partition coefficient (Wildman–Crippen LogP) is 2.85. The van der Waals surface area contributed by atoms with Crippen LogP contribution in [-0.4, -0.2) is 54.3 Å². The SMILES string of the molecule is COc1cccc(-c2ccc(N3CCN(C(=O)C(C)(C)C)CC3)nn2)c1. The number of ether oxygens (including phenoxy) is 1. The highest BCUT2D eigenvalue weighted by Crippen LogP contribution is 2.24. The Morgan fingerprint density at radius 1 is 1.04 bits per heavy atom. The van der Waals surface area contributed by atoms with Gasteiger partial charge < -0.3 is 14.5 Å². The summed E-state index contributed by atoms with van der Waals surface area (Å²) in [5, 5.41) is 8.75. The minimum Gasteiger partial charge on any atom is -0.497 e. The number of carbonyl (C=O) groups is 1. The summed E-state index contributed by atoms with van der Waals surface area (Å²) in [6.45, 7) is 8.87. The van der Waals surface area contributed by atoms with Gasteiger partial charge in [0.15, 0.2) is 5.82 Å². The molecule has 6 heteroatoms. The Morgan fingerprint density at radius 2 is 1.77 bits per heavy atom. The topological polar surface area (TPSA) is 58.6 Å². The molecule has 1 aromatic heterocycles. The van der Waals surface area contributed by atoms with Gasteiger partial charge in [-0.1, -0.05) is 32.9 Å². The molecule has 2 aromatic rings. The standard InChI is InChI=1S/C20H26N4O2/c1-20(2,3)19(25)24-12-10-23(11-13-24)18-9-8-17(21-22-18)15-6-5-7-16(14-15)26-4/h5-9,14H,10-13H2,1-4H3. The molecule has 0 aliphatic carbocycles. The molecule has 0 unspecified atom stereocenters. The number of amides is 1. The number of hydrogen-bond donors (Lipinski definition) is 0. The summed E-state index contributed by atoms with van der Waals surface area (Å²) < 4.78 is 5.26. The Labute approximate surface area is 154 Å². The lowest BCUT2D eigenvalue weighted by molar-refractivity contribution is -0.139. The molecule has 0 atom stereocenters. The van der Waals surface area contributed by atoms with Crippen LogP contribution >= 0.6 is 0 Å². The summed E-state index contributed by atoms with van der Waals surface area (Å²) in [6, 6.07) is 11.7. The number of methoxy groups -OCH3 is 1. The maximum atomic E-state index is 12.4. The maximum absolute atomic E-state index is 12.4. The van der Waals surface area contributed by atoms with Gasteiger partial charge in [0.2, 0.25) is 5.91 Å². The van der Waals surface area contributed by atoms with Crippen LogP contribution in [0.1, 0.15) is 20.8 Å². The largest absolute Gasteiger partial charge is 0.497 e. The van der Waals surface area contributed by atoms with Gasteiger partial charge in [-0.25, -0.2) is 0 Å². The van der Waals surface area contributed by atoms with Crippen LogP contribution in [-0.2, 0) is 4.79 Å². The van der Waals surface area contributed by atoms with Gasteiger partial charge in [0.25, 0.3) is 0 Å². The average Bonchev–Trinajstić information content (AvgIpc) is 2.67. The van der Waals surface area contributed by atoms with E-state index >= 15 is 0 Å². The van der Waals surface area contributed by atoms with Crippen molar-refractivity contribution in [1.82, 2.24) is 15.1 Å². The lowest BCUT2D eigenvalue weighted by Crippen LogP contribution is -2.51. The van der Waals surface area contributed by atoms with E-state index in [9.17, 15) is 4.79 Å². The molecule has 1 amide bonds. The first-order chi connectivity index (χ1) is 12.4. The number of anilines is 1. The molecular weight excluding hydrogens is 328 g/mol. The van der Waals surface area contributed by atoms with Crippen LogP contribution in [0.5, 0.6) is 5.75 Å². The first kappa shape index (κ1) is 18.2. The molecule has 1 saturated heterocycles. The van der Waals surface area contributed by atoms with E-state index in [2.05, 4.69) is 15.1 Å². The molecule has 0 bridgehead atoms. The fourth-order valence-corrected chi connectivity index (χ4v) is 3.04. The van der Waals surface area contributed by atoms with Crippen LogP contribution < -0.4 is 9.64 Å². The summed E-state index contributed by atoms with van der Waals surface area (Å²) in [5.41, 5.74) is 1.46. The number of hydrogen-bond acceptors (Lipinski definition) is 5. The van der Waals surface area contributed by atoms with E-state index in [0.717, 1.165) is 49.0 Å². The predicted molar refractivity (Wildman–Crippen MR) is 102 cm³/mol. The Hall–Kier alpha value is -2.63. The average molecular weight is 354 g/mol. The molecule has 1 fully saturated rings. The van der Waals surface area contributed by atoms with Crippen molar-refractivity contribution in [3.63, 3.8) is 0 Å². The number of aromatic nitrogens is 2. The lowest BCUT2D eigenvalue weighted by atomic mass is 9.94. The van der Waals surface area contributed by atoms with Crippen LogP contribution in [0.2, 0.25) is 0 Å². The zero-order valence-corrected chi connectivity index (χ0v) is 15.9. The van der Waals surface area contributed by atoms with E-state index in [-0.39, 0.29) is 11.3 Å². The number of benzene rings is 1. The highest BCUT2D eigenvalue weighted by Gasteiger charge is 2.30. The van der Waals surface area contributed by atoms with Gasteiger partial charge in [-0.2, -0.15) is 0 Å². The summed E-state index contributed by atoms with van der Waals surface area (Å²) in [5.74, 6) is 1.85. The van der Waals surface area contributed by atoms with E-state index in [1.54, 1.807) is 7.11 Å². The fraction of sp³-hybridized carbons (Fsp3) is 0.450. The molecule has 138 valence electrons. The first-order valence-electron chi connectivity index (χ1n) is 8.91. The molecular formula is C20H26N4O2. The summed E-state index contributed by atoms with van der Waals surface area (Å²) >= 11 is 0. The molecule has 1 aromatic carbocycles. The number of piperazine rings is 1. The Bertz CT molecular complexity index is 760. The van der Waals surface area contributed by atoms with E-state index < -0.39 is 0 Å². The summed E-state index contributed by atoms with van der Waals surface area (Å²) in [6.07, 6.45) is 0. The molecule has 0 spiro atoms. The summed E-state index contributed by atoms with van der Waals surface area (Å²) in [4.78, 5) is 16.5. The minimum atomic E-state index is -0.333. The number of carbonyl (C=O) groups excluding carboxylic acids is 1. The third-order valence-corrected chi connectivity index (χ3v) is 4.55. The molecule has 0 radical (unpaired) electrons. The third-order valence-electron chi connectivity index (χ3n) is 4.55. The molecule has 3 rings (SSSR count). The molecule has 1 aliphatic rings. The number of rotatable bonds is 3. The Kier molecular flexibility index (Phi) is 5.11. The maximum Gasteiger partial charge on any atom is 0.228 e. The van der Waals surface area contributed by atoms with Crippen molar-refractivity contribution in [2.24, 2.45) is 5.41 Å². The van der Waals surface area contributed by atoms with Crippen LogP contribution in [0.15, 0.2) is 36.4 Å².